The number of benzene rings is 2. The number of amides is 3. The third-order valence-electron chi connectivity index (χ3n) is 6.52. The second kappa shape index (κ2) is 10.0. The van der Waals surface area contributed by atoms with Gasteiger partial charge in [-0.05, 0) is 79.1 Å². The van der Waals surface area contributed by atoms with Gasteiger partial charge in [0.25, 0.3) is 17.7 Å². The maximum Gasteiger partial charge on any atom is 0.255 e. The second-order valence-electron chi connectivity index (χ2n) is 8.85. The zero-order valence-electron chi connectivity index (χ0n) is 19.5. The quantitative estimate of drug-likeness (QED) is 0.547. The fourth-order valence-corrected chi connectivity index (χ4v) is 5.42. The van der Waals surface area contributed by atoms with E-state index in [0.717, 1.165) is 18.4 Å². The summed E-state index contributed by atoms with van der Waals surface area (Å²) in [5.74, 6) is -0.546. The van der Waals surface area contributed by atoms with E-state index in [0.29, 0.717) is 48.6 Å². The number of nitrogens with one attached hydrogen (secondary N) is 2. The SMILES string of the molecule is Cc1c(NC(=O)c2cccc(NC(=O)C3CCCO3)c2)cccc1C(=O)N1CCc2sccc2C1. The summed E-state index contributed by atoms with van der Waals surface area (Å²) in [5.41, 5.74) is 4.05. The molecule has 0 spiro atoms. The van der Waals surface area contributed by atoms with Crippen molar-refractivity contribution in [3.05, 3.63) is 81.0 Å². The number of hydrogen-bond acceptors (Lipinski definition) is 5. The molecule has 35 heavy (non-hydrogen) atoms. The van der Waals surface area contributed by atoms with Crippen molar-refractivity contribution in [3.8, 4) is 0 Å². The molecule has 1 fully saturated rings. The van der Waals surface area contributed by atoms with Gasteiger partial charge in [-0.3, -0.25) is 14.4 Å². The Bertz CT molecular complexity index is 1280. The smallest absolute Gasteiger partial charge is 0.255 e. The van der Waals surface area contributed by atoms with Crippen molar-refractivity contribution in [2.45, 2.75) is 38.8 Å². The third kappa shape index (κ3) is 4.99. The van der Waals surface area contributed by atoms with Crippen LogP contribution in [0.25, 0.3) is 0 Å². The number of nitrogens with zero attached hydrogens (tertiary/aromatic N) is 1. The van der Waals surface area contributed by atoms with Gasteiger partial charge < -0.3 is 20.3 Å². The van der Waals surface area contributed by atoms with Crippen molar-refractivity contribution in [3.63, 3.8) is 0 Å². The van der Waals surface area contributed by atoms with Gasteiger partial charge in [-0.15, -0.1) is 11.3 Å². The van der Waals surface area contributed by atoms with Gasteiger partial charge >= 0.3 is 0 Å². The van der Waals surface area contributed by atoms with E-state index in [2.05, 4.69) is 22.1 Å². The highest BCUT2D eigenvalue weighted by molar-refractivity contribution is 7.10. The fraction of sp³-hybridized carbons (Fsp3) is 0.296. The minimum absolute atomic E-state index is 0.0331. The molecule has 3 amide bonds. The zero-order chi connectivity index (χ0) is 24.4. The number of carbonyl (C=O) groups is 3. The van der Waals surface area contributed by atoms with Crippen molar-refractivity contribution in [2.75, 3.05) is 23.8 Å². The molecule has 2 aliphatic heterocycles. The monoisotopic (exact) mass is 489 g/mol. The molecule has 2 aromatic carbocycles. The van der Waals surface area contributed by atoms with Crippen LogP contribution in [0.15, 0.2) is 53.9 Å². The van der Waals surface area contributed by atoms with Crippen LogP contribution in [0, 0.1) is 6.92 Å². The predicted molar refractivity (Wildman–Crippen MR) is 136 cm³/mol. The normalized spacial score (nSPS) is 17.1. The molecule has 0 aliphatic carbocycles. The summed E-state index contributed by atoms with van der Waals surface area (Å²) in [6.07, 6.45) is 2.00. The average Bonchev–Trinajstić information content (AvgIpc) is 3.57. The van der Waals surface area contributed by atoms with Crippen molar-refractivity contribution in [1.82, 2.24) is 4.90 Å². The molecule has 8 heteroatoms. The van der Waals surface area contributed by atoms with Crippen LogP contribution in [0.1, 0.15) is 49.6 Å². The Morgan fingerprint density at radius 3 is 2.77 bits per heavy atom. The van der Waals surface area contributed by atoms with E-state index >= 15 is 0 Å². The molecule has 5 rings (SSSR count). The highest BCUT2D eigenvalue weighted by atomic mass is 32.1. The van der Waals surface area contributed by atoms with E-state index in [1.165, 1.54) is 10.4 Å². The lowest BCUT2D eigenvalue weighted by Gasteiger charge is -2.28. The van der Waals surface area contributed by atoms with Gasteiger partial charge in [0.1, 0.15) is 6.10 Å². The van der Waals surface area contributed by atoms with E-state index in [1.54, 1.807) is 53.8 Å². The van der Waals surface area contributed by atoms with Crippen LogP contribution in [0.2, 0.25) is 0 Å². The number of rotatable bonds is 5. The molecular weight excluding hydrogens is 462 g/mol. The van der Waals surface area contributed by atoms with Crippen LogP contribution < -0.4 is 10.6 Å². The molecule has 1 aromatic heterocycles. The summed E-state index contributed by atoms with van der Waals surface area (Å²) < 4.78 is 5.42. The van der Waals surface area contributed by atoms with Crippen LogP contribution in [-0.4, -0.2) is 41.9 Å². The molecule has 3 heterocycles. The summed E-state index contributed by atoms with van der Waals surface area (Å²) in [6, 6.07) is 14.3. The van der Waals surface area contributed by atoms with Crippen molar-refractivity contribution in [1.29, 1.82) is 0 Å². The van der Waals surface area contributed by atoms with Gasteiger partial charge in [0.05, 0.1) is 0 Å². The van der Waals surface area contributed by atoms with E-state index in [4.69, 9.17) is 4.74 Å². The molecule has 1 saturated heterocycles. The van der Waals surface area contributed by atoms with Gasteiger partial charge in [-0.2, -0.15) is 0 Å². The first-order valence-corrected chi connectivity index (χ1v) is 12.7. The van der Waals surface area contributed by atoms with Gasteiger partial charge in [0.15, 0.2) is 0 Å². The number of anilines is 2. The first kappa shape index (κ1) is 23.3. The maximum absolute atomic E-state index is 13.3. The van der Waals surface area contributed by atoms with Crippen LogP contribution in [0.5, 0.6) is 0 Å². The standard InChI is InChI=1S/C27H27N3O4S/c1-17-21(27(33)30-12-10-24-19(16-30)11-14-35-24)7-3-8-22(17)29-25(31)18-5-2-6-20(15-18)28-26(32)23-9-4-13-34-23/h2-3,5-8,11,14-15,23H,4,9-10,12-13,16H2,1H3,(H,28,32)(H,29,31). The number of ether oxygens (including phenoxy) is 1. The predicted octanol–water partition coefficient (Wildman–Crippen LogP) is 4.62. The lowest BCUT2D eigenvalue weighted by atomic mass is 10.0. The topological polar surface area (TPSA) is 87.7 Å². The number of fused-ring (bicyclic) bond motifs is 1. The highest BCUT2D eigenvalue weighted by Gasteiger charge is 2.25. The van der Waals surface area contributed by atoms with Crippen molar-refractivity contribution >= 4 is 40.4 Å². The zero-order valence-corrected chi connectivity index (χ0v) is 20.3. The van der Waals surface area contributed by atoms with Crippen LogP contribution in [-0.2, 0) is 22.5 Å². The van der Waals surface area contributed by atoms with Crippen LogP contribution in [0.3, 0.4) is 0 Å². The van der Waals surface area contributed by atoms with Gasteiger partial charge in [0.2, 0.25) is 0 Å². The first-order chi connectivity index (χ1) is 17.0. The fourth-order valence-electron chi connectivity index (χ4n) is 4.53. The summed E-state index contributed by atoms with van der Waals surface area (Å²) >= 11 is 1.74. The summed E-state index contributed by atoms with van der Waals surface area (Å²) in [4.78, 5) is 41.8. The number of hydrogen-bond donors (Lipinski definition) is 2. The minimum atomic E-state index is -0.443. The summed E-state index contributed by atoms with van der Waals surface area (Å²) in [5, 5.41) is 7.83. The molecule has 7 nitrogen and oxygen atoms in total. The minimum Gasteiger partial charge on any atom is -0.368 e. The molecule has 1 atom stereocenters. The van der Waals surface area contributed by atoms with Gasteiger partial charge in [0, 0.05) is 47.1 Å². The molecule has 1 unspecified atom stereocenters. The number of carbonyl (C=O) groups excluding carboxylic acids is 3. The third-order valence-corrected chi connectivity index (χ3v) is 7.54. The molecule has 0 radical (unpaired) electrons. The van der Waals surface area contributed by atoms with Crippen LogP contribution >= 0.6 is 11.3 Å². The van der Waals surface area contributed by atoms with E-state index in [1.807, 2.05) is 11.8 Å². The molecule has 2 N–H and O–H groups in total. The second-order valence-corrected chi connectivity index (χ2v) is 9.85. The molecule has 3 aromatic rings. The largest absolute Gasteiger partial charge is 0.368 e. The van der Waals surface area contributed by atoms with E-state index in [-0.39, 0.29) is 17.7 Å². The average molecular weight is 490 g/mol. The lowest BCUT2D eigenvalue weighted by Crippen LogP contribution is -2.35. The Morgan fingerprint density at radius 2 is 1.94 bits per heavy atom. The lowest BCUT2D eigenvalue weighted by molar-refractivity contribution is -0.124. The highest BCUT2D eigenvalue weighted by Crippen LogP contribution is 2.27. The Labute approximate surface area is 208 Å². The Balaban J connectivity index is 1.28. The molecule has 2 aliphatic rings. The van der Waals surface area contributed by atoms with Crippen molar-refractivity contribution < 1.29 is 19.1 Å². The summed E-state index contributed by atoms with van der Waals surface area (Å²) in [6.45, 7) is 3.74. The van der Waals surface area contributed by atoms with Gasteiger partial charge in [-0.25, -0.2) is 0 Å². The van der Waals surface area contributed by atoms with Gasteiger partial charge in [-0.1, -0.05) is 12.1 Å². The molecule has 0 bridgehead atoms. The van der Waals surface area contributed by atoms with E-state index < -0.39 is 6.10 Å². The Hall–Kier alpha value is -3.49. The first-order valence-electron chi connectivity index (χ1n) is 11.8. The molecule has 0 saturated carbocycles. The van der Waals surface area contributed by atoms with Crippen molar-refractivity contribution in [2.24, 2.45) is 0 Å². The maximum atomic E-state index is 13.3. The molecular formula is C27H27N3O4S. The Kier molecular flexibility index (Phi) is 6.66. The Morgan fingerprint density at radius 1 is 1.09 bits per heavy atom. The van der Waals surface area contributed by atoms with E-state index in [9.17, 15) is 14.4 Å². The summed E-state index contributed by atoms with van der Waals surface area (Å²) in [7, 11) is 0. The number of thiophene rings is 1. The molecule has 180 valence electrons. The van der Waals surface area contributed by atoms with Crippen LogP contribution in [0.4, 0.5) is 11.4 Å².